The SMILES string of the molecule is COCCOC(=O)C1=C(C)N=c2s/c(=C\c3cccc(Oc4ccccc4)c3)c(=O)n2[C@H]1c1ccc(OC(=O)c2ccco2)cc1. The molecule has 1 atom stereocenters. The van der Waals surface area contributed by atoms with Crippen LogP contribution >= 0.6 is 11.3 Å². The molecule has 5 aromatic rings. The quantitative estimate of drug-likeness (QED) is 0.119. The number of rotatable bonds is 10. The third kappa shape index (κ3) is 6.60. The minimum Gasteiger partial charge on any atom is -0.460 e. The second-order valence-corrected chi connectivity index (χ2v) is 11.1. The number of methoxy groups -OCH3 is 1. The number of carbonyl (C=O) groups is 2. The van der Waals surface area contributed by atoms with Gasteiger partial charge < -0.3 is 23.4 Å². The first-order valence-corrected chi connectivity index (χ1v) is 15.1. The van der Waals surface area contributed by atoms with Gasteiger partial charge in [-0.2, -0.15) is 0 Å². The number of fused-ring (bicyclic) bond motifs is 1. The number of para-hydroxylation sites is 1. The number of ether oxygens (including phenoxy) is 4. The number of carbonyl (C=O) groups excluding carboxylic acids is 2. The Kier molecular flexibility index (Phi) is 9.04. The molecule has 10 nitrogen and oxygen atoms in total. The van der Waals surface area contributed by atoms with E-state index in [1.165, 1.54) is 35.3 Å². The van der Waals surface area contributed by atoms with Gasteiger partial charge in [-0.25, -0.2) is 14.6 Å². The van der Waals surface area contributed by atoms with Crippen LogP contribution in [0.15, 0.2) is 123 Å². The van der Waals surface area contributed by atoms with Gasteiger partial charge in [0.1, 0.15) is 23.9 Å². The molecule has 11 heteroatoms. The van der Waals surface area contributed by atoms with Crippen molar-refractivity contribution in [2.24, 2.45) is 4.99 Å². The van der Waals surface area contributed by atoms with Crippen molar-refractivity contribution in [1.29, 1.82) is 0 Å². The van der Waals surface area contributed by atoms with E-state index in [0.717, 1.165) is 5.56 Å². The Morgan fingerprint density at radius 3 is 2.43 bits per heavy atom. The summed E-state index contributed by atoms with van der Waals surface area (Å²) >= 11 is 1.22. The predicted molar refractivity (Wildman–Crippen MR) is 170 cm³/mol. The van der Waals surface area contributed by atoms with Crippen molar-refractivity contribution in [3.05, 3.63) is 145 Å². The summed E-state index contributed by atoms with van der Waals surface area (Å²) in [6.45, 7) is 1.96. The summed E-state index contributed by atoms with van der Waals surface area (Å²) in [7, 11) is 1.51. The van der Waals surface area contributed by atoms with Crippen LogP contribution < -0.4 is 24.4 Å². The third-order valence-electron chi connectivity index (χ3n) is 7.03. The summed E-state index contributed by atoms with van der Waals surface area (Å²) in [5, 5.41) is 0. The Labute approximate surface area is 267 Å². The molecule has 6 rings (SSSR count). The van der Waals surface area contributed by atoms with Gasteiger partial charge >= 0.3 is 11.9 Å². The van der Waals surface area contributed by atoms with Crippen molar-refractivity contribution >= 4 is 29.4 Å². The smallest absolute Gasteiger partial charge is 0.379 e. The number of furan rings is 1. The summed E-state index contributed by atoms with van der Waals surface area (Å²) in [4.78, 5) is 44.9. The molecule has 0 saturated carbocycles. The van der Waals surface area contributed by atoms with Crippen LogP contribution in [0.1, 0.15) is 34.6 Å². The Bertz CT molecular complexity index is 2080. The average molecular weight is 637 g/mol. The maximum absolute atomic E-state index is 14.0. The van der Waals surface area contributed by atoms with Gasteiger partial charge in [-0.1, -0.05) is 53.8 Å². The van der Waals surface area contributed by atoms with Crippen molar-refractivity contribution in [2.75, 3.05) is 20.3 Å². The van der Waals surface area contributed by atoms with Gasteiger partial charge in [0.2, 0.25) is 5.76 Å². The van der Waals surface area contributed by atoms with Gasteiger partial charge in [0.05, 0.1) is 34.7 Å². The van der Waals surface area contributed by atoms with Crippen LogP contribution in [-0.4, -0.2) is 36.8 Å². The highest BCUT2D eigenvalue weighted by molar-refractivity contribution is 7.07. The number of allylic oxidation sites excluding steroid dienone is 1. The molecule has 0 amide bonds. The third-order valence-corrected chi connectivity index (χ3v) is 8.01. The standard InChI is InChI=1S/C35H28N2O8S/c1-22-30(34(40)43-19-18-41-2)31(24-13-15-26(16-14-24)45-33(39)28-12-7-17-42-28)37-32(38)29(46-35(37)36-22)21-23-8-6-11-27(20-23)44-25-9-4-3-5-10-25/h3-17,20-21,31H,18-19H2,1-2H3/b29-21-/t31-/m0/s1. The summed E-state index contributed by atoms with van der Waals surface area (Å²) < 4.78 is 28.9. The van der Waals surface area contributed by atoms with Crippen molar-refractivity contribution in [3.63, 3.8) is 0 Å². The summed E-state index contributed by atoms with van der Waals surface area (Å²) in [6.07, 6.45) is 3.15. The maximum Gasteiger partial charge on any atom is 0.379 e. The van der Waals surface area contributed by atoms with Crippen LogP contribution in [0.5, 0.6) is 17.2 Å². The van der Waals surface area contributed by atoms with Crippen LogP contribution in [-0.2, 0) is 14.3 Å². The van der Waals surface area contributed by atoms with Crippen molar-refractivity contribution in [2.45, 2.75) is 13.0 Å². The molecule has 0 N–H and O–H groups in total. The lowest BCUT2D eigenvalue weighted by Gasteiger charge is -2.25. The topological polar surface area (TPSA) is 119 Å². The predicted octanol–water partition coefficient (Wildman–Crippen LogP) is 5.03. The van der Waals surface area contributed by atoms with Crippen LogP contribution in [0.4, 0.5) is 0 Å². The molecule has 0 fully saturated rings. The monoisotopic (exact) mass is 636 g/mol. The van der Waals surface area contributed by atoms with Gasteiger partial charge in [0.25, 0.3) is 5.56 Å². The van der Waals surface area contributed by atoms with Crippen molar-refractivity contribution in [3.8, 4) is 17.2 Å². The zero-order chi connectivity index (χ0) is 32.0. The Morgan fingerprint density at radius 2 is 1.70 bits per heavy atom. The van der Waals surface area contributed by atoms with E-state index in [2.05, 4.69) is 4.99 Å². The molecule has 232 valence electrons. The lowest BCUT2D eigenvalue weighted by molar-refractivity contribution is -0.140. The Hall–Kier alpha value is -5.52. The molecule has 2 aromatic heterocycles. The van der Waals surface area contributed by atoms with E-state index in [1.807, 2.05) is 54.6 Å². The molecular weight excluding hydrogens is 608 g/mol. The van der Waals surface area contributed by atoms with E-state index in [1.54, 1.807) is 43.3 Å². The van der Waals surface area contributed by atoms with Crippen molar-refractivity contribution < 1.29 is 33.0 Å². The molecule has 3 aromatic carbocycles. The van der Waals surface area contributed by atoms with Crippen LogP contribution in [0.25, 0.3) is 6.08 Å². The Balaban J connectivity index is 1.37. The molecular formula is C35H28N2O8S. The van der Waals surface area contributed by atoms with Crippen LogP contribution in [0, 0.1) is 0 Å². The molecule has 0 radical (unpaired) electrons. The van der Waals surface area contributed by atoms with Crippen LogP contribution in [0.2, 0.25) is 0 Å². The fraction of sp³-hybridized carbons (Fsp3) is 0.143. The van der Waals surface area contributed by atoms with Gasteiger partial charge in [-0.15, -0.1) is 0 Å². The minimum atomic E-state index is -0.851. The van der Waals surface area contributed by atoms with Gasteiger partial charge in [0, 0.05) is 7.11 Å². The van der Waals surface area contributed by atoms with E-state index in [-0.39, 0.29) is 35.9 Å². The number of thiazole rings is 1. The molecule has 1 aliphatic rings. The minimum absolute atomic E-state index is 0.0340. The molecule has 46 heavy (non-hydrogen) atoms. The number of benzene rings is 3. The van der Waals surface area contributed by atoms with Crippen molar-refractivity contribution in [1.82, 2.24) is 4.57 Å². The molecule has 0 unspecified atom stereocenters. The lowest BCUT2D eigenvalue weighted by Crippen LogP contribution is -2.40. The molecule has 3 heterocycles. The second-order valence-electron chi connectivity index (χ2n) is 10.1. The largest absolute Gasteiger partial charge is 0.460 e. The number of hydrogen-bond acceptors (Lipinski definition) is 10. The molecule has 1 aliphatic heterocycles. The highest BCUT2D eigenvalue weighted by atomic mass is 32.1. The summed E-state index contributed by atoms with van der Waals surface area (Å²) in [5.41, 5.74) is 1.66. The second kappa shape index (κ2) is 13.6. The molecule has 0 bridgehead atoms. The molecule has 0 spiro atoms. The van der Waals surface area contributed by atoms with E-state index < -0.39 is 18.0 Å². The number of esters is 2. The van der Waals surface area contributed by atoms with Crippen LogP contribution in [0.3, 0.4) is 0 Å². The Morgan fingerprint density at radius 1 is 0.913 bits per heavy atom. The maximum atomic E-state index is 14.0. The zero-order valence-electron chi connectivity index (χ0n) is 24.9. The van der Waals surface area contributed by atoms with Gasteiger partial charge in [-0.05, 0) is 72.7 Å². The van der Waals surface area contributed by atoms with Gasteiger partial charge in [0.15, 0.2) is 4.80 Å². The highest BCUT2D eigenvalue weighted by Crippen LogP contribution is 2.32. The van der Waals surface area contributed by atoms with E-state index in [4.69, 9.17) is 23.4 Å². The molecule has 0 aliphatic carbocycles. The number of hydrogen-bond donors (Lipinski definition) is 0. The summed E-state index contributed by atoms with van der Waals surface area (Å²) in [6, 6.07) is 25.6. The first kappa shape index (κ1) is 30.5. The fourth-order valence-electron chi connectivity index (χ4n) is 4.91. The van der Waals surface area contributed by atoms with Gasteiger partial charge in [-0.3, -0.25) is 9.36 Å². The van der Waals surface area contributed by atoms with E-state index >= 15 is 0 Å². The first-order chi connectivity index (χ1) is 22.4. The normalized spacial score (nSPS) is 14.4. The van der Waals surface area contributed by atoms with E-state index in [0.29, 0.717) is 32.1 Å². The highest BCUT2D eigenvalue weighted by Gasteiger charge is 2.33. The van der Waals surface area contributed by atoms with E-state index in [9.17, 15) is 14.4 Å². The number of nitrogens with zero attached hydrogens (tertiary/aromatic N) is 2. The lowest BCUT2D eigenvalue weighted by atomic mass is 9.96. The average Bonchev–Trinajstić information content (AvgIpc) is 3.70. The zero-order valence-corrected chi connectivity index (χ0v) is 25.7. The fourth-order valence-corrected chi connectivity index (χ4v) is 5.95. The number of aromatic nitrogens is 1. The molecule has 0 saturated heterocycles. The first-order valence-electron chi connectivity index (χ1n) is 14.3. The summed E-state index contributed by atoms with van der Waals surface area (Å²) in [5.74, 6) is 0.378.